The Morgan fingerprint density at radius 2 is 2.25 bits per heavy atom. The predicted molar refractivity (Wildman–Crippen MR) is 81.6 cm³/mol. The van der Waals surface area contributed by atoms with Crippen LogP contribution in [0.5, 0.6) is 0 Å². The number of hydrogen-bond donors (Lipinski definition) is 1. The molecule has 3 unspecified atom stereocenters. The van der Waals surface area contributed by atoms with E-state index in [-0.39, 0.29) is 11.9 Å². The molecule has 20 heavy (non-hydrogen) atoms. The number of piperidine rings is 1. The lowest BCUT2D eigenvalue weighted by molar-refractivity contribution is 0.516. The number of anilines is 1. The Morgan fingerprint density at radius 1 is 1.40 bits per heavy atom. The molecule has 3 atom stereocenters. The van der Waals surface area contributed by atoms with Crippen molar-refractivity contribution >= 4 is 5.69 Å². The Labute approximate surface area is 121 Å². The molecule has 1 heterocycles. The highest BCUT2D eigenvalue weighted by molar-refractivity contribution is 5.57. The number of hydrogen-bond acceptors (Lipinski definition) is 2. The van der Waals surface area contributed by atoms with Gasteiger partial charge in [0.25, 0.3) is 0 Å². The molecule has 2 aliphatic rings. The van der Waals surface area contributed by atoms with E-state index in [1.165, 1.54) is 19.3 Å². The van der Waals surface area contributed by atoms with Gasteiger partial charge in [-0.1, -0.05) is 13.0 Å². The zero-order valence-corrected chi connectivity index (χ0v) is 12.5. The molecule has 3 rings (SSSR count). The molecular weight excluding hydrogens is 251 g/mol. The van der Waals surface area contributed by atoms with Crippen molar-refractivity contribution in [3.8, 4) is 0 Å². The van der Waals surface area contributed by atoms with Crippen molar-refractivity contribution in [1.29, 1.82) is 0 Å². The molecule has 0 amide bonds. The fraction of sp³-hybridized carbons (Fsp3) is 0.647. The van der Waals surface area contributed by atoms with Crippen molar-refractivity contribution in [2.24, 2.45) is 5.92 Å². The summed E-state index contributed by atoms with van der Waals surface area (Å²) >= 11 is 0. The fourth-order valence-corrected chi connectivity index (χ4v) is 3.89. The summed E-state index contributed by atoms with van der Waals surface area (Å²) < 4.78 is 14.4. The summed E-state index contributed by atoms with van der Waals surface area (Å²) in [5.74, 6) is 0.761. The second-order valence-corrected chi connectivity index (χ2v) is 6.33. The monoisotopic (exact) mass is 276 g/mol. The fourth-order valence-electron chi connectivity index (χ4n) is 3.89. The molecule has 110 valence electrons. The van der Waals surface area contributed by atoms with Gasteiger partial charge in [-0.05, 0) is 57.2 Å². The number of rotatable bonds is 5. The van der Waals surface area contributed by atoms with E-state index in [1.807, 2.05) is 6.07 Å². The second kappa shape index (κ2) is 5.72. The zero-order chi connectivity index (χ0) is 14.1. The van der Waals surface area contributed by atoms with Crippen molar-refractivity contribution in [1.82, 2.24) is 5.32 Å². The Bertz CT molecular complexity index is 474. The van der Waals surface area contributed by atoms with Crippen LogP contribution in [0.4, 0.5) is 10.1 Å². The maximum atomic E-state index is 14.4. The Balaban J connectivity index is 1.88. The normalized spacial score (nSPS) is 26.2. The van der Waals surface area contributed by atoms with Crippen LogP contribution in [-0.2, 0) is 0 Å². The molecular formula is C17H25FN2. The van der Waals surface area contributed by atoms with Gasteiger partial charge in [-0.15, -0.1) is 0 Å². The lowest BCUT2D eigenvalue weighted by atomic mass is 10.0. The van der Waals surface area contributed by atoms with Crippen LogP contribution < -0.4 is 10.2 Å². The molecule has 2 bridgehead atoms. The number of fused-ring (bicyclic) bond motifs is 2. The summed E-state index contributed by atoms with van der Waals surface area (Å²) in [6.45, 7) is 6.26. The first-order valence-corrected chi connectivity index (χ1v) is 7.99. The minimum absolute atomic E-state index is 0.0682. The number of nitrogens with one attached hydrogen (secondary N) is 1. The van der Waals surface area contributed by atoms with E-state index in [1.54, 1.807) is 6.07 Å². The van der Waals surface area contributed by atoms with Gasteiger partial charge >= 0.3 is 0 Å². The van der Waals surface area contributed by atoms with E-state index in [4.69, 9.17) is 0 Å². The third-order valence-corrected chi connectivity index (χ3v) is 4.88. The zero-order valence-electron chi connectivity index (χ0n) is 12.5. The van der Waals surface area contributed by atoms with Gasteiger partial charge in [-0.25, -0.2) is 4.39 Å². The first kappa shape index (κ1) is 13.9. The van der Waals surface area contributed by atoms with E-state index in [0.29, 0.717) is 6.04 Å². The van der Waals surface area contributed by atoms with Crippen LogP contribution in [0.3, 0.4) is 0 Å². The Morgan fingerprint density at radius 3 is 2.90 bits per heavy atom. The highest BCUT2D eigenvalue weighted by Crippen LogP contribution is 2.42. The molecule has 1 aromatic carbocycles. The average molecular weight is 276 g/mol. The highest BCUT2D eigenvalue weighted by atomic mass is 19.1. The molecule has 1 aliphatic carbocycles. The van der Waals surface area contributed by atoms with E-state index in [0.717, 1.165) is 36.7 Å². The van der Waals surface area contributed by atoms with Gasteiger partial charge in [-0.3, -0.25) is 0 Å². The minimum atomic E-state index is -0.0682. The van der Waals surface area contributed by atoms with Gasteiger partial charge in [-0.2, -0.15) is 0 Å². The summed E-state index contributed by atoms with van der Waals surface area (Å²) in [6, 6.07) is 6.26. The van der Waals surface area contributed by atoms with E-state index < -0.39 is 0 Å². The summed E-state index contributed by atoms with van der Waals surface area (Å²) in [5.41, 5.74) is 1.97. The van der Waals surface area contributed by atoms with Crippen LogP contribution in [-0.4, -0.2) is 19.1 Å². The van der Waals surface area contributed by atoms with Crippen LogP contribution in [0.2, 0.25) is 0 Å². The van der Waals surface area contributed by atoms with Gasteiger partial charge in [0.15, 0.2) is 0 Å². The SMILES string of the molecule is CCCNC(C)c1c(F)cccc1N1CC2CCC1C2. The van der Waals surface area contributed by atoms with Gasteiger partial charge in [0, 0.05) is 29.9 Å². The second-order valence-electron chi connectivity index (χ2n) is 6.33. The van der Waals surface area contributed by atoms with E-state index >= 15 is 0 Å². The molecule has 0 spiro atoms. The van der Waals surface area contributed by atoms with Gasteiger partial charge in [0.1, 0.15) is 5.82 Å². The maximum absolute atomic E-state index is 14.4. The average Bonchev–Trinajstić information content (AvgIpc) is 3.07. The molecule has 1 N–H and O–H groups in total. The smallest absolute Gasteiger partial charge is 0.130 e. The molecule has 3 heteroatoms. The third-order valence-electron chi connectivity index (χ3n) is 4.88. The van der Waals surface area contributed by atoms with Crippen molar-refractivity contribution in [3.05, 3.63) is 29.6 Å². The first-order valence-electron chi connectivity index (χ1n) is 7.99. The molecule has 1 aliphatic heterocycles. The topological polar surface area (TPSA) is 15.3 Å². The standard InChI is InChI=1S/C17H25FN2/c1-3-9-19-12(2)17-15(18)5-4-6-16(17)20-11-13-7-8-14(20)10-13/h4-6,12-14,19H,3,7-11H2,1-2H3. The van der Waals surface area contributed by atoms with E-state index in [2.05, 4.69) is 30.1 Å². The number of benzene rings is 1. The number of halogens is 1. The summed E-state index contributed by atoms with van der Waals surface area (Å²) in [5, 5.41) is 3.43. The molecule has 1 saturated heterocycles. The van der Waals surface area contributed by atoms with Crippen molar-refractivity contribution in [2.45, 2.75) is 51.6 Å². The molecule has 1 aromatic rings. The lowest BCUT2D eigenvalue weighted by Crippen LogP contribution is -2.34. The van der Waals surface area contributed by atoms with Gasteiger partial charge < -0.3 is 10.2 Å². The third kappa shape index (κ3) is 2.44. The Hall–Kier alpha value is -1.09. The molecule has 2 nitrogen and oxygen atoms in total. The Kier molecular flexibility index (Phi) is 3.97. The summed E-state index contributed by atoms with van der Waals surface area (Å²) in [4.78, 5) is 2.46. The molecule has 0 aromatic heterocycles. The molecule has 1 saturated carbocycles. The van der Waals surface area contributed by atoms with Crippen LogP contribution in [0.25, 0.3) is 0 Å². The van der Waals surface area contributed by atoms with Crippen LogP contribution in [0.15, 0.2) is 18.2 Å². The van der Waals surface area contributed by atoms with Crippen LogP contribution >= 0.6 is 0 Å². The van der Waals surface area contributed by atoms with Crippen molar-refractivity contribution in [3.63, 3.8) is 0 Å². The quantitative estimate of drug-likeness (QED) is 0.878. The van der Waals surface area contributed by atoms with Crippen LogP contribution in [0.1, 0.15) is 51.1 Å². The summed E-state index contributed by atoms with van der Waals surface area (Å²) in [6.07, 6.45) is 5.00. The maximum Gasteiger partial charge on any atom is 0.130 e. The lowest BCUT2D eigenvalue weighted by Gasteiger charge is -2.32. The highest BCUT2D eigenvalue weighted by Gasteiger charge is 2.39. The van der Waals surface area contributed by atoms with E-state index in [9.17, 15) is 4.39 Å². The van der Waals surface area contributed by atoms with Gasteiger partial charge in [0.2, 0.25) is 0 Å². The molecule has 2 fully saturated rings. The van der Waals surface area contributed by atoms with Gasteiger partial charge in [0.05, 0.1) is 0 Å². The first-order chi connectivity index (χ1) is 9.70. The summed E-state index contributed by atoms with van der Waals surface area (Å²) in [7, 11) is 0. The van der Waals surface area contributed by atoms with Crippen molar-refractivity contribution in [2.75, 3.05) is 18.0 Å². The van der Waals surface area contributed by atoms with Crippen LogP contribution in [0, 0.1) is 11.7 Å². The largest absolute Gasteiger partial charge is 0.368 e. The van der Waals surface area contributed by atoms with Crippen molar-refractivity contribution < 1.29 is 4.39 Å². The number of nitrogens with zero attached hydrogens (tertiary/aromatic N) is 1. The minimum Gasteiger partial charge on any atom is -0.368 e. The molecule has 0 radical (unpaired) electrons. The predicted octanol–water partition coefficient (Wildman–Crippen LogP) is 3.88.